The van der Waals surface area contributed by atoms with Gasteiger partial charge in [0.05, 0.1) is 16.3 Å². The molecule has 26 heavy (non-hydrogen) atoms. The summed E-state index contributed by atoms with van der Waals surface area (Å²) in [5.74, 6) is -1.13. The van der Waals surface area contributed by atoms with Gasteiger partial charge in [0.1, 0.15) is 0 Å². The number of aryl methyl sites for hydroxylation is 1. The van der Waals surface area contributed by atoms with Crippen LogP contribution < -0.4 is 5.14 Å². The second-order valence-electron chi connectivity index (χ2n) is 5.74. The molecule has 0 aliphatic heterocycles. The maximum Gasteiger partial charge on any atom is 0.449 e. The van der Waals surface area contributed by atoms with Crippen LogP contribution in [0.4, 0.5) is 13.2 Å². The van der Waals surface area contributed by atoms with Gasteiger partial charge < -0.3 is 4.98 Å². The number of nitrogens with zero attached hydrogens (tertiary/aromatic N) is 1. The Kier molecular flexibility index (Phi) is 4.37. The minimum absolute atomic E-state index is 0.0714. The number of halogens is 3. The standard InChI is InChI=1S/C17H14F3N3O2S/c1-10-2-4-11(5-3-10)14-15(23-16(22-14)17(18,19)20)12-6-8-13(9-7-12)26(21,24)25/h2-9H,1H3,(H,22,23)(H2,21,24,25). The van der Waals surface area contributed by atoms with Crippen molar-refractivity contribution in [2.45, 2.75) is 18.0 Å². The van der Waals surface area contributed by atoms with Crippen molar-refractivity contribution in [3.05, 3.63) is 59.9 Å². The Morgan fingerprint density at radius 1 is 0.962 bits per heavy atom. The molecule has 0 amide bonds. The molecule has 0 unspecified atom stereocenters. The number of H-pyrrole nitrogens is 1. The fourth-order valence-corrected chi connectivity index (χ4v) is 2.96. The summed E-state index contributed by atoms with van der Waals surface area (Å²) in [4.78, 5) is 5.87. The lowest BCUT2D eigenvalue weighted by atomic mass is 10.0. The van der Waals surface area contributed by atoms with Crippen molar-refractivity contribution in [2.75, 3.05) is 0 Å². The van der Waals surface area contributed by atoms with E-state index in [2.05, 4.69) is 9.97 Å². The van der Waals surface area contributed by atoms with Gasteiger partial charge in [0.25, 0.3) is 0 Å². The third-order valence-corrected chi connectivity index (χ3v) is 4.70. The number of nitrogens with two attached hydrogens (primary N) is 1. The van der Waals surface area contributed by atoms with Crippen LogP contribution in [0.3, 0.4) is 0 Å². The Bertz CT molecular complexity index is 1040. The monoisotopic (exact) mass is 381 g/mol. The van der Waals surface area contributed by atoms with Gasteiger partial charge in [-0.25, -0.2) is 18.5 Å². The fourth-order valence-electron chi connectivity index (χ4n) is 2.45. The van der Waals surface area contributed by atoms with Crippen LogP contribution in [0.1, 0.15) is 11.4 Å². The first kappa shape index (κ1) is 18.2. The number of alkyl halides is 3. The molecule has 0 saturated carbocycles. The third-order valence-electron chi connectivity index (χ3n) is 3.77. The highest BCUT2D eigenvalue weighted by Crippen LogP contribution is 2.35. The summed E-state index contributed by atoms with van der Waals surface area (Å²) < 4.78 is 62.0. The zero-order chi connectivity index (χ0) is 19.1. The van der Waals surface area contributed by atoms with E-state index in [4.69, 9.17) is 5.14 Å². The molecule has 0 aliphatic rings. The molecule has 2 aromatic carbocycles. The summed E-state index contributed by atoms with van der Waals surface area (Å²) in [5, 5.41) is 5.04. The van der Waals surface area contributed by atoms with Crippen molar-refractivity contribution in [3.8, 4) is 22.5 Å². The van der Waals surface area contributed by atoms with Crippen LogP contribution in [0.15, 0.2) is 53.4 Å². The predicted molar refractivity (Wildman–Crippen MR) is 90.6 cm³/mol. The van der Waals surface area contributed by atoms with E-state index < -0.39 is 22.0 Å². The number of imidazole rings is 1. The Balaban J connectivity index is 2.16. The summed E-state index contributed by atoms with van der Waals surface area (Å²) in [6.07, 6.45) is -4.64. The van der Waals surface area contributed by atoms with Gasteiger partial charge >= 0.3 is 6.18 Å². The molecule has 0 atom stereocenters. The Morgan fingerprint density at radius 2 is 1.50 bits per heavy atom. The highest BCUT2D eigenvalue weighted by atomic mass is 32.2. The van der Waals surface area contributed by atoms with E-state index in [1.165, 1.54) is 24.3 Å². The third kappa shape index (κ3) is 3.63. The van der Waals surface area contributed by atoms with Crippen molar-refractivity contribution >= 4 is 10.0 Å². The van der Waals surface area contributed by atoms with E-state index in [0.29, 0.717) is 11.1 Å². The first-order chi connectivity index (χ1) is 12.1. The molecular weight excluding hydrogens is 367 g/mol. The summed E-state index contributed by atoms with van der Waals surface area (Å²) in [7, 11) is -3.90. The number of hydrogen-bond donors (Lipinski definition) is 2. The number of sulfonamides is 1. The van der Waals surface area contributed by atoms with Crippen LogP contribution in [-0.2, 0) is 16.2 Å². The topological polar surface area (TPSA) is 88.8 Å². The number of primary sulfonamides is 1. The summed E-state index contributed by atoms with van der Waals surface area (Å²) in [6.45, 7) is 1.87. The molecule has 136 valence electrons. The fraction of sp³-hybridized carbons (Fsp3) is 0.118. The van der Waals surface area contributed by atoms with E-state index in [9.17, 15) is 21.6 Å². The van der Waals surface area contributed by atoms with E-state index in [1.54, 1.807) is 24.3 Å². The van der Waals surface area contributed by atoms with Gasteiger partial charge in [-0.1, -0.05) is 42.0 Å². The van der Waals surface area contributed by atoms with Crippen LogP contribution in [0, 0.1) is 6.92 Å². The molecule has 1 aromatic heterocycles. The Labute approximate surface area is 147 Å². The van der Waals surface area contributed by atoms with Crippen LogP contribution in [0.5, 0.6) is 0 Å². The number of nitrogens with one attached hydrogen (secondary N) is 1. The van der Waals surface area contributed by atoms with Crippen LogP contribution in [-0.4, -0.2) is 18.4 Å². The first-order valence-electron chi connectivity index (χ1n) is 7.43. The van der Waals surface area contributed by atoms with E-state index in [1.807, 2.05) is 6.92 Å². The van der Waals surface area contributed by atoms with E-state index >= 15 is 0 Å². The van der Waals surface area contributed by atoms with Gasteiger partial charge in [-0.2, -0.15) is 13.2 Å². The molecule has 5 nitrogen and oxygen atoms in total. The number of aromatic nitrogens is 2. The van der Waals surface area contributed by atoms with Gasteiger partial charge in [-0.05, 0) is 19.1 Å². The number of hydrogen-bond acceptors (Lipinski definition) is 3. The highest BCUT2D eigenvalue weighted by molar-refractivity contribution is 7.89. The molecule has 9 heteroatoms. The minimum atomic E-state index is -4.64. The first-order valence-corrected chi connectivity index (χ1v) is 8.98. The maximum atomic E-state index is 13.1. The van der Waals surface area contributed by atoms with Crippen LogP contribution in [0.25, 0.3) is 22.5 Å². The SMILES string of the molecule is Cc1ccc(-c2[nH]c(C(F)(F)F)nc2-c2ccc(S(N)(=O)=O)cc2)cc1. The van der Waals surface area contributed by atoms with Crippen LogP contribution in [0.2, 0.25) is 0 Å². The van der Waals surface area contributed by atoms with Gasteiger partial charge in [0.15, 0.2) is 0 Å². The summed E-state index contributed by atoms with van der Waals surface area (Å²) >= 11 is 0. The van der Waals surface area contributed by atoms with Gasteiger partial charge in [-0.3, -0.25) is 0 Å². The van der Waals surface area contributed by atoms with Crippen molar-refractivity contribution in [1.82, 2.24) is 9.97 Å². The van der Waals surface area contributed by atoms with Crippen molar-refractivity contribution in [1.29, 1.82) is 0 Å². The number of aromatic amines is 1. The smallest absolute Gasteiger partial charge is 0.334 e. The summed E-state index contributed by atoms with van der Waals surface area (Å²) in [5.41, 5.74) is 2.09. The molecule has 3 rings (SSSR count). The second kappa shape index (κ2) is 6.26. The molecule has 0 radical (unpaired) electrons. The van der Waals surface area contributed by atoms with E-state index in [-0.39, 0.29) is 16.3 Å². The average Bonchev–Trinajstić information content (AvgIpc) is 3.00. The summed E-state index contributed by atoms with van der Waals surface area (Å²) in [6, 6.07) is 12.1. The van der Waals surface area contributed by atoms with Gasteiger partial charge in [0.2, 0.25) is 15.8 Å². The normalized spacial score (nSPS) is 12.3. The van der Waals surface area contributed by atoms with E-state index in [0.717, 1.165) is 5.56 Å². The van der Waals surface area contributed by atoms with Crippen molar-refractivity contribution in [2.24, 2.45) is 5.14 Å². The van der Waals surface area contributed by atoms with Gasteiger partial charge in [-0.15, -0.1) is 0 Å². The molecule has 0 fully saturated rings. The molecule has 1 heterocycles. The molecule has 0 saturated heterocycles. The Hall–Kier alpha value is -2.65. The highest BCUT2D eigenvalue weighted by Gasteiger charge is 2.36. The number of rotatable bonds is 3. The predicted octanol–water partition coefficient (Wildman–Crippen LogP) is 3.72. The number of benzene rings is 2. The zero-order valence-electron chi connectivity index (χ0n) is 13.5. The molecule has 3 N–H and O–H groups in total. The van der Waals surface area contributed by atoms with Gasteiger partial charge in [0, 0.05) is 11.1 Å². The average molecular weight is 381 g/mol. The second-order valence-corrected chi connectivity index (χ2v) is 7.30. The molecular formula is C17H14F3N3O2S. The van der Waals surface area contributed by atoms with Crippen LogP contribution >= 0.6 is 0 Å². The lowest BCUT2D eigenvalue weighted by molar-refractivity contribution is -0.144. The molecule has 0 bridgehead atoms. The molecule has 0 spiro atoms. The quantitative estimate of drug-likeness (QED) is 0.725. The maximum absolute atomic E-state index is 13.1. The minimum Gasteiger partial charge on any atom is -0.334 e. The lowest BCUT2D eigenvalue weighted by Gasteiger charge is -2.05. The lowest BCUT2D eigenvalue weighted by Crippen LogP contribution is -2.11. The molecule has 3 aromatic rings. The van der Waals surface area contributed by atoms with Crippen molar-refractivity contribution < 1.29 is 21.6 Å². The molecule has 0 aliphatic carbocycles. The Morgan fingerprint density at radius 3 is 2.00 bits per heavy atom. The largest absolute Gasteiger partial charge is 0.449 e. The zero-order valence-corrected chi connectivity index (χ0v) is 14.3. The van der Waals surface area contributed by atoms with Crippen molar-refractivity contribution in [3.63, 3.8) is 0 Å².